The molecular formula is C8H13N5. The molecule has 2 aliphatic rings. The quantitative estimate of drug-likeness (QED) is 0.590. The second kappa shape index (κ2) is 2.51. The molecule has 2 bridgehead atoms. The number of rotatable bonds is 1. The van der Waals surface area contributed by atoms with Gasteiger partial charge in [0.15, 0.2) is 5.82 Å². The molecule has 0 aliphatic carbocycles. The molecule has 2 saturated heterocycles. The summed E-state index contributed by atoms with van der Waals surface area (Å²) in [5.41, 5.74) is 0. The monoisotopic (exact) mass is 179 g/mol. The molecule has 0 amide bonds. The van der Waals surface area contributed by atoms with Gasteiger partial charge >= 0.3 is 0 Å². The van der Waals surface area contributed by atoms with E-state index in [1.165, 1.54) is 19.5 Å². The van der Waals surface area contributed by atoms with Crippen LogP contribution >= 0.6 is 0 Å². The maximum absolute atomic E-state index is 4.09. The molecule has 3 unspecified atom stereocenters. The molecule has 5 heteroatoms. The summed E-state index contributed by atoms with van der Waals surface area (Å²) < 4.78 is 1.81. The van der Waals surface area contributed by atoms with Gasteiger partial charge in [-0.25, -0.2) is 4.68 Å². The van der Waals surface area contributed by atoms with Gasteiger partial charge in [-0.1, -0.05) is 0 Å². The zero-order valence-corrected chi connectivity index (χ0v) is 7.72. The summed E-state index contributed by atoms with van der Waals surface area (Å²) in [6, 6.07) is 0. The van der Waals surface area contributed by atoms with E-state index in [1.807, 2.05) is 11.7 Å². The Bertz CT molecular complexity index is 320. The second-order valence-electron chi connectivity index (χ2n) is 4.08. The van der Waals surface area contributed by atoms with Crippen molar-refractivity contribution in [3.8, 4) is 0 Å². The van der Waals surface area contributed by atoms with Crippen molar-refractivity contribution in [1.29, 1.82) is 0 Å². The molecule has 2 aliphatic heterocycles. The SMILES string of the molecule is Cn1nnnc1C1CN2CCC1C2. The Kier molecular flexibility index (Phi) is 1.44. The zero-order valence-electron chi connectivity index (χ0n) is 7.72. The molecule has 1 aromatic rings. The maximum Gasteiger partial charge on any atom is 0.155 e. The van der Waals surface area contributed by atoms with Crippen molar-refractivity contribution in [2.45, 2.75) is 12.3 Å². The normalized spacial score (nSPS) is 37.2. The highest BCUT2D eigenvalue weighted by molar-refractivity contribution is 5.06. The Labute approximate surface area is 76.7 Å². The van der Waals surface area contributed by atoms with Crippen LogP contribution in [-0.2, 0) is 7.05 Å². The molecule has 0 N–H and O–H groups in total. The third kappa shape index (κ3) is 0.997. The van der Waals surface area contributed by atoms with E-state index in [0.717, 1.165) is 18.3 Å². The molecule has 1 aromatic heterocycles. The van der Waals surface area contributed by atoms with Gasteiger partial charge in [0.2, 0.25) is 0 Å². The van der Waals surface area contributed by atoms with Crippen molar-refractivity contribution in [3.05, 3.63) is 5.82 Å². The predicted octanol–water partition coefficient (Wildman–Crippen LogP) is -0.371. The second-order valence-corrected chi connectivity index (χ2v) is 4.08. The van der Waals surface area contributed by atoms with E-state index in [9.17, 15) is 0 Å². The first-order chi connectivity index (χ1) is 6.34. The number of fused-ring (bicyclic) bond motifs is 2. The van der Waals surface area contributed by atoms with E-state index in [4.69, 9.17) is 0 Å². The van der Waals surface area contributed by atoms with Crippen LogP contribution in [0.25, 0.3) is 0 Å². The molecule has 3 rings (SSSR count). The fourth-order valence-corrected chi connectivity index (χ4v) is 2.63. The van der Waals surface area contributed by atoms with Crippen molar-refractivity contribution < 1.29 is 0 Å². The molecule has 5 nitrogen and oxygen atoms in total. The first-order valence-electron chi connectivity index (χ1n) is 4.79. The van der Waals surface area contributed by atoms with Gasteiger partial charge in [0, 0.05) is 26.1 Å². The fraction of sp³-hybridized carbons (Fsp3) is 0.875. The summed E-state index contributed by atoms with van der Waals surface area (Å²) in [6.07, 6.45) is 1.32. The predicted molar refractivity (Wildman–Crippen MR) is 46.1 cm³/mol. The van der Waals surface area contributed by atoms with E-state index in [1.54, 1.807) is 0 Å². The summed E-state index contributed by atoms with van der Waals surface area (Å²) in [4.78, 5) is 2.50. The minimum atomic E-state index is 0.578. The van der Waals surface area contributed by atoms with Crippen LogP contribution in [0.1, 0.15) is 18.2 Å². The van der Waals surface area contributed by atoms with E-state index < -0.39 is 0 Å². The van der Waals surface area contributed by atoms with Crippen LogP contribution in [0.15, 0.2) is 0 Å². The molecule has 3 heterocycles. The molecule has 0 spiro atoms. The van der Waals surface area contributed by atoms with Gasteiger partial charge in [-0.05, 0) is 29.3 Å². The summed E-state index contributed by atoms with van der Waals surface area (Å²) in [6.45, 7) is 3.67. The lowest BCUT2D eigenvalue weighted by molar-refractivity contribution is 0.337. The Morgan fingerprint density at radius 2 is 2.31 bits per heavy atom. The fourth-order valence-electron chi connectivity index (χ4n) is 2.63. The molecule has 0 radical (unpaired) electrons. The molecule has 2 fully saturated rings. The Balaban J connectivity index is 1.91. The van der Waals surface area contributed by atoms with Crippen LogP contribution in [0, 0.1) is 5.92 Å². The van der Waals surface area contributed by atoms with E-state index in [0.29, 0.717) is 5.92 Å². The molecule has 3 atom stereocenters. The number of hydrogen-bond donors (Lipinski definition) is 0. The third-order valence-corrected chi connectivity index (χ3v) is 3.32. The van der Waals surface area contributed by atoms with Crippen LogP contribution in [-0.4, -0.2) is 44.7 Å². The molecule has 13 heavy (non-hydrogen) atoms. The summed E-state index contributed by atoms with van der Waals surface area (Å²) in [5.74, 6) is 2.44. The van der Waals surface area contributed by atoms with Crippen molar-refractivity contribution in [1.82, 2.24) is 25.1 Å². The average Bonchev–Trinajstić information content (AvgIpc) is 2.77. The van der Waals surface area contributed by atoms with Gasteiger partial charge in [0.1, 0.15) is 0 Å². The lowest BCUT2D eigenvalue weighted by atomic mass is 9.92. The van der Waals surface area contributed by atoms with Crippen molar-refractivity contribution >= 4 is 0 Å². The minimum absolute atomic E-state index is 0.578. The molecule has 70 valence electrons. The first kappa shape index (κ1) is 7.44. The van der Waals surface area contributed by atoms with Crippen LogP contribution in [0.2, 0.25) is 0 Å². The lowest BCUT2D eigenvalue weighted by Gasteiger charge is -2.19. The largest absolute Gasteiger partial charge is 0.302 e. The maximum atomic E-state index is 4.09. The first-order valence-corrected chi connectivity index (χ1v) is 4.79. The van der Waals surface area contributed by atoms with Crippen LogP contribution in [0.3, 0.4) is 0 Å². The third-order valence-electron chi connectivity index (χ3n) is 3.32. The number of aryl methyl sites for hydroxylation is 1. The van der Waals surface area contributed by atoms with E-state index in [-0.39, 0.29) is 0 Å². The standard InChI is InChI=1S/C8H13N5/c1-12-8(9-10-11-12)7-5-13-3-2-6(7)4-13/h6-7H,2-5H2,1H3. The summed E-state index contributed by atoms with van der Waals surface area (Å²) in [5, 5.41) is 11.7. The average molecular weight is 179 g/mol. The Hall–Kier alpha value is -0.970. The van der Waals surface area contributed by atoms with Crippen molar-refractivity contribution in [2.24, 2.45) is 13.0 Å². The lowest BCUT2D eigenvalue weighted by Crippen LogP contribution is -2.24. The molecular weight excluding hydrogens is 166 g/mol. The molecule has 0 aromatic carbocycles. The molecule has 0 saturated carbocycles. The highest BCUT2D eigenvalue weighted by Gasteiger charge is 2.40. The number of hydrogen-bond acceptors (Lipinski definition) is 4. The van der Waals surface area contributed by atoms with Gasteiger partial charge < -0.3 is 4.90 Å². The van der Waals surface area contributed by atoms with Gasteiger partial charge in [0.05, 0.1) is 0 Å². The van der Waals surface area contributed by atoms with Gasteiger partial charge in [0.25, 0.3) is 0 Å². The number of nitrogens with zero attached hydrogens (tertiary/aromatic N) is 5. The van der Waals surface area contributed by atoms with Crippen LogP contribution < -0.4 is 0 Å². The van der Waals surface area contributed by atoms with Gasteiger partial charge in [-0.15, -0.1) is 5.10 Å². The smallest absolute Gasteiger partial charge is 0.155 e. The minimum Gasteiger partial charge on any atom is -0.302 e. The number of tetrazole rings is 1. The number of piperidine rings is 1. The van der Waals surface area contributed by atoms with Gasteiger partial charge in [-0.3, -0.25) is 0 Å². The topological polar surface area (TPSA) is 46.8 Å². The van der Waals surface area contributed by atoms with Gasteiger partial charge in [-0.2, -0.15) is 0 Å². The summed E-state index contributed by atoms with van der Waals surface area (Å²) >= 11 is 0. The van der Waals surface area contributed by atoms with E-state index in [2.05, 4.69) is 20.4 Å². The van der Waals surface area contributed by atoms with E-state index >= 15 is 0 Å². The highest BCUT2D eigenvalue weighted by atomic mass is 15.5. The van der Waals surface area contributed by atoms with Crippen molar-refractivity contribution in [3.63, 3.8) is 0 Å². The van der Waals surface area contributed by atoms with Crippen LogP contribution in [0.4, 0.5) is 0 Å². The zero-order chi connectivity index (χ0) is 8.84. The van der Waals surface area contributed by atoms with Crippen molar-refractivity contribution in [2.75, 3.05) is 19.6 Å². The van der Waals surface area contributed by atoms with Crippen LogP contribution in [0.5, 0.6) is 0 Å². The summed E-state index contributed by atoms with van der Waals surface area (Å²) in [7, 11) is 1.93. The Morgan fingerprint density at radius 1 is 1.38 bits per heavy atom. The highest BCUT2D eigenvalue weighted by Crippen LogP contribution is 2.38. The Morgan fingerprint density at radius 3 is 2.85 bits per heavy atom. The number of aromatic nitrogens is 4.